The van der Waals surface area contributed by atoms with E-state index in [-0.39, 0.29) is 0 Å². The van der Waals surface area contributed by atoms with Crippen LogP contribution in [0.3, 0.4) is 0 Å². The van der Waals surface area contributed by atoms with Gasteiger partial charge in [-0.1, -0.05) is 6.07 Å². The van der Waals surface area contributed by atoms with E-state index in [4.69, 9.17) is 9.47 Å². The molecule has 4 heteroatoms. The van der Waals surface area contributed by atoms with Crippen LogP contribution in [0.2, 0.25) is 0 Å². The number of hydrogen-bond donors (Lipinski definition) is 1. The minimum absolute atomic E-state index is 0.353. The first kappa shape index (κ1) is 14.7. The van der Waals surface area contributed by atoms with Crippen LogP contribution in [0, 0.1) is 0 Å². The maximum atomic E-state index is 5.43. The van der Waals surface area contributed by atoms with Gasteiger partial charge in [0.05, 0.1) is 0 Å². The van der Waals surface area contributed by atoms with Crippen LogP contribution in [0.15, 0.2) is 18.2 Å². The predicted molar refractivity (Wildman–Crippen MR) is 84.0 cm³/mol. The Morgan fingerprint density at radius 2 is 2.19 bits per heavy atom. The Balaban J connectivity index is 1.42. The van der Waals surface area contributed by atoms with E-state index >= 15 is 0 Å². The number of fused-ring (bicyclic) bond motifs is 1. The summed E-state index contributed by atoms with van der Waals surface area (Å²) < 4.78 is 10.8. The number of nitrogens with one attached hydrogen (secondary N) is 1. The molecule has 116 valence electrons. The average Bonchev–Trinajstić information content (AvgIpc) is 3.11. The summed E-state index contributed by atoms with van der Waals surface area (Å²) in [6.07, 6.45) is 4.90. The van der Waals surface area contributed by atoms with Gasteiger partial charge in [0.2, 0.25) is 6.79 Å². The Labute approximate surface area is 127 Å². The minimum Gasteiger partial charge on any atom is -0.454 e. The highest BCUT2D eigenvalue weighted by Crippen LogP contribution is 2.32. The summed E-state index contributed by atoms with van der Waals surface area (Å²) in [5, 5.41) is 3.68. The lowest BCUT2D eigenvalue weighted by molar-refractivity contribution is 0.174. The molecule has 0 radical (unpaired) electrons. The molecule has 0 saturated carbocycles. The summed E-state index contributed by atoms with van der Waals surface area (Å²) in [5.74, 6) is 1.76. The van der Waals surface area contributed by atoms with Gasteiger partial charge in [0.25, 0.3) is 0 Å². The van der Waals surface area contributed by atoms with E-state index in [9.17, 15) is 0 Å². The standard InChI is InChI=1S/C17H26N2O2/c1-13(18-11-15-4-3-9-19(15)2)5-6-14-7-8-16-17(10-14)21-12-20-16/h7-8,10,13,15,18H,3-6,9,11-12H2,1-2H3. The largest absolute Gasteiger partial charge is 0.454 e. The van der Waals surface area contributed by atoms with Gasteiger partial charge >= 0.3 is 0 Å². The first-order valence-corrected chi connectivity index (χ1v) is 8.04. The number of ether oxygens (including phenoxy) is 2. The van der Waals surface area contributed by atoms with Crippen molar-refractivity contribution in [3.8, 4) is 11.5 Å². The minimum atomic E-state index is 0.353. The maximum Gasteiger partial charge on any atom is 0.231 e. The summed E-state index contributed by atoms with van der Waals surface area (Å²) >= 11 is 0. The second-order valence-electron chi connectivity index (χ2n) is 6.31. The zero-order valence-electron chi connectivity index (χ0n) is 13.1. The molecule has 0 spiro atoms. The molecule has 1 aromatic rings. The number of hydrogen-bond acceptors (Lipinski definition) is 4. The molecule has 2 unspecified atom stereocenters. The summed E-state index contributed by atoms with van der Waals surface area (Å²) in [7, 11) is 2.23. The predicted octanol–water partition coefficient (Wildman–Crippen LogP) is 2.42. The fraction of sp³-hybridized carbons (Fsp3) is 0.647. The topological polar surface area (TPSA) is 33.7 Å². The maximum absolute atomic E-state index is 5.43. The fourth-order valence-electron chi connectivity index (χ4n) is 3.16. The zero-order chi connectivity index (χ0) is 14.7. The Hall–Kier alpha value is -1.26. The highest BCUT2D eigenvalue weighted by atomic mass is 16.7. The van der Waals surface area contributed by atoms with Crippen LogP contribution in [0.5, 0.6) is 11.5 Å². The Kier molecular flexibility index (Phi) is 4.66. The van der Waals surface area contributed by atoms with Gasteiger partial charge in [-0.25, -0.2) is 0 Å². The zero-order valence-corrected chi connectivity index (χ0v) is 13.1. The molecule has 2 aliphatic heterocycles. The number of likely N-dealkylation sites (tertiary alicyclic amines) is 1. The highest BCUT2D eigenvalue weighted by molar-refractivity contribution is 5.44. The van der Waals surface area contributed by atoms with Gasteiger partial charge in [-0.2, -0.15) is 0 Å². The van der Waals surface area contributed by atoms with Gasteiger partial charge in [-0.3, -0.25) is 0 Å². The van der Waals surface area contributed by atoms with Crippen LogP contribution in [-0.2, 0) is 6.42 Å². The van der Waals surface area contributed by atoms with Crippen LogP contribution >= 0.6 is 0 Å². The van der Waals surface area contributed by atoms with Crippen molar-refractivity contribution in [2.24, 2.45) is 0 Å². The number of aryl methyl sites for hydroxylation is 1. The normalized spacial score (nSPS) is 22.7. The number of likely N-dealkylation sites (N-methyl/N-ethyl adjacent to an activating group) is 1. The van der Waals surface area contributed by atoms with Crippen LogP contribution in [0.4, 0.5) is 0 Å². The van der Waals surface area contributed by atoms with E-state index in [0.717, 1.165) is 36.9 Å². The lowest BCUT2D eigenvalue weighted by Crippen LogP contribution is -2.39. The smallest absolute Gasteiger partial charge is 0.231 e. The second kappa shape index (κ2) is 6.67. The van der Waals surface area contributed by atoms with Crippen molar-refractivity contribution < 1.29 is 9.47 Å². The molecule has 0 aliphatic carbocycles. The molecule has 3 rings (SSSR count). The lowest BCUT2D eigenvalue weighted by atomic mass is 10.1. The van der Waals surface area contributed by atoms with Gasteiger partial charge in [0, 0.05) is 18.6 Å². The Morgan fingerprint density at radius 1 is 1.33 bits per heavy atom. The number of nitrogens with zero attached hydrogens (tertiary/aromatic N) is 1. The molecule has 0 aromatic heterocycles. The highest BCUT2D eigenvalue weighted by Gasteiger charge is 2.20. The van der Waals surface area contributed by atoms with E-state index in [1.807, 2.05) is 6.07 Å². The molecule has 1 fully saturated rings. The molecule has 1 saturated heterocycles. The molecule has 2 aliphatic rings. The van der Waals surface area contributed by atoms with E-state index in [2.05, 4.69) is 36.3 Å². The Bertz CT molecular complexity index is 478. The SMILES string of the molecule is CC(CCc1ccc2c(c1)OCO2)NCC1CCCN1C. The van der Waals surface area contributed by atoms with Crippen LogP contribution < -0.4 is 14.8 Å². The van der Waals surface area contributed by atoms with Gasteiger partial charge < -0.3 is 19.7 Å². The van der Waals surface area contributed by atoms with Crippen molar-refractivity contribution in [3.63, 3.8) is 0 Å². The molecule has 1 aromatic carbocycles. The third-order valence-electron chi connectivity index (χ3n) is 4.68. The van der Waals surface area contributed by atoms with E-state index in [1.54, 1.807) is 0 Å². The van der Waals surface area contributed by atoms with Crippen LogP contribution in [-0.4, -0.2) is 43.9 Å². The number of benzene rings is 1. The van der Waals surface area contributed by atoms with Crippen molar-refractivity contribution in [2.75, 3.05) is 26.9 Å². The monoisotopic (exact) mass is 290 g/mol. The first-order valence-electron chi connectivity index (χ1n) is 8.04. The van der Waals surface area contributed by atoms with Gasteiger partial charge in [-0.15, -0.1) is 0 Å². The van der Waals surface area contributed by atoms with Crippen molar-refractivity contribution in [2.45, 2.75) is 44.7 Å². The van der Waals surface area contributed by atoms with E-state index < -0.39 is 0 Å². The fourth-order valence-corrected chi connectivity index (χ4v) is 3.16. The molecule has 2 atom stereocenters. The molecule has 2 heterocycles. The molecule has 21 heavy (non-hydrogen) atoms. The molecule has 0 amide bonds. The molecule has 4 nitrogen and oxygen atoms in total. The summed E-state index contributed by atoms with van der Waals surface area (Å²) in [4.78, 5) is 2.47. The molecule has 1 N–H and O–H groups in total. The Morgan fingerprint density at radius 3 is 3.00 bits per heavy atom. The average molecular weight is 290 g/mol. The summed E-state index contributed by atoms with van der Waals surface area (Å²) in [5.41, 5.74) is 1.32. The molecule has 0 bridgehead atoms. The van der Waals surface area contributed by atoms with Gasteiger partial charge in [0.15, 0.2) is 11.5 Å². The van der Waals surface area contributed by atoms with E-state index in [0.29, 0.717) is 12.8 Å². The molecular weight excluding hydrogens is 264 g/mol. The third kappa shape index (κ3) is 3.69. The van der Waals surface area contributed by atoms with Crippen molar-refractivity contribution in [1.82, 2.24) is 10.2 Å². The van der Waals surface area contributed by atoms with Crippen molar-refractivity contribution in [3.05, 3.63) is 23.8 Å². The van der Waals surface area contributed by atoms with Crippen LogP contribution in [0.25, 0.3) is 0 Å². The van der Waals surface area contributed by atoms with Crippen molar-refractivity contribution >= 4 is 0 Å². The lowest BCUT2D eigenvalue weighted by Gasteiger charge is -2.22. The van der Waals surface area contributed by atoms with Crippen LogP contribution in [0.1, 0.15) is 31.7 Å². The summed E-state index contributed by atoms with van der Waals surface area (Å²) in [6, 6.07) is 7.54. The van der Waals surface area contributed by atoms with E-state index in [1.165, 1.54) is 24.9 Å². The first-order chi connectivity index (χ1) is 10.2. The third-order valence-corrected chi connectivity index (χ3v) is 4.68. The van der Waals surface area contributed by atoms with Crippen molar-refractivity contribution in [1.29, 1.82) is 0 Å². The summed E-state index contributed by atoms with van der Waals surface area (Å²) in [6.45, 7) is 4.99. The second-order valence-corrected chi connectivity index (χ2v) is 6.31. The quantitative estimate of drug-likeness (QED) is 0.872. The number of rotatable bonds is 6. The molecular formula is C17H26N2O2. The van der Waals surface area contributed by atoms with Gasteiger partial charge in [0.1, 0.15) is 0 Å². The van der Waals surface area contributed by atoms with Gasteiger partial charge in [-0.05, 0) is 63.9 Å².